The van der Waals surface area contributed by atoms with Crippen LogP contribution in [0.4, 0.5) is 0 Å². The molecule has 3 rings (SSSR count). The Hall–Kier alpha value is -2.24. The summed E-state index contributed by atoms with van der Waals surface area (Å²) in [5.74, 6) is 1.20. The second kappa shape index (κ2) is 7.98. The summed E-state index contributed by atoms with van der Waals surface area (Å²) < 4.78 is 15.7. The third kappa shape index (κ3) is 3.50. The number of ether oxygens (including phenoxy) is 3. The molecule has 6 nitrogen and oxygen atoms in total. The van der Waals surface area contributed by atoms with Crippen molar-refractivity contribution in [1.82, 2.24) is 4.90 Å². The van der Waals surface area contributed by atoms with Crippen molar-refractivity contribution in [3.05, 3.63) is 23.3 Å². The number of nitrogens with zero attached hydrogens (tertiary/aromatic N) is 1. The number of rotatable bonds is 5. The van der Waals surface area contributed by atoms with Crippen molar-refractivity contribution >= 4 is 11.9 Å². The number of fused-ring (bicyclic) bond motifs is 1. The average molecular weight is 361 g/mol. The van der Waals surface area contributed by atoms with Crippen LogP contribution in [0.5, 0.6) is 11.5 Å². The van der Waals surface area contributed by atoms with Crippen LogP contribution in [-0.4, -0.2) is 44.7 Å². The summed E-state index contributed by atoms with van der Waals surface area (Å²) in [5, 5.41) is 0. The van der Waals surface area contributed by atoms with E-state index in [1.807, 2.05) is 17.0 Å². The first-order valence-corrected chi connectivity index (χ1v) is 9.21. The molecule has 1 fully saturated rings. The van der Waals surface area contributed by atoms with Gasteiger partial charge in [0.15, 0.2) is 11.5 Å². The number of carbonyl (C=O) groups is 2. The highest BCUT2D eigenvalue weighted by atomic mass is 16.5. The Labute approximate surface area is 154 Å². The number of esters is 1. The minimum atomic E-state index is -0.320. The van der Waals surface area contributed by atoms with E-state index in [-0.39, 0.29) is 30.3 Å². The molecule has 0 N–H and O–H groups in total. The summed E-state index contributed by atoms with van der Waals surface area (Å²) in [6, 6.07) is 3.53. The Morgan fingerprint density at radius 3 is 2.35 bits per heavy atom. The van der Waals surface area contributed by atoms with E-state index in [1.165, 1.54) is 7.11 Å². The predicted molar refractivity (Wildman–Crippen MR) is 96.3 cm³/mol. The van der Waals surface area contributed by atoms with Crippen LogP contribution in [0.25, 0.3) is 0 Å². The maximum absolute atomic E-state index is 13.1. The van der Waals surface area contributed by atoms with Gasteiger partial charge in [-0.05, 0) is 42.5 Å². The van der Waals surface area contributed by atoms with Crippen molar-refractivity contribution in [3.8, 4) is 11.5 Å². The van der Waals surface area contributed by atoms with Crippen LogP contribution in [0.3, 0.4) is 0 Å². The molecule has 1 aliphatic carbocycles. The zero-order valence-electron chi connectivity index (χ0n) is 15.7. The lowest BCUT2D eigenvalue weighted by Crippen LogP contribution is -2.43. The van der Waals surface area contributed by atoms with Crippen molar-refractivity contribution in [1.29, 1.82) is 0 Å². The Balaban J connectivity index is 1.97. The van der Waals surface area contributed by atoms with E-state index < -0.39 is 0 Å². The molecule has 1 heterocycles. The fourth-order valence-electron chi connectivity index (χ4n) is 4.16. The van der Waals surface area contributed by atoms with Crippen LogP contribution in [0.2, 0.25) is 0 Å². The van der Waals surface area contributed by atoms with E-state index in [1.54, 1.807) is 14.2 Å². The van der Waals surface area contributed by atoms with Crippen molar-refractivity contribution in [2.24, 2.45) is 5.92 Å². The van der Waals surface area contributed by atoms with Crippen LogP contribution in [0.1, 0.15) is 49.3 Å². The predicted octanol–water partition coefficient (Wildman–Crippen LogP) is 2.88. The fourth-order valence-corrected chi connectivity index (χ4v) is 4.16. The Morgan fingerprint density at radius 2 is 1.73 bits per heavy atom. The van der Waals surface area contributed by atoms with Gasteiger partial charge in [-0.3, -0.25) is 9.59 Å². The van der Waals surface area contributed by atoms with Crippen molar-refractivity contribution in [2.75, 3.05) is 27.9 Å². The first-order chi connectivity index (χ1) is 12.6. The fraction of sp³-hybridized carbons (Fsp3) is 0.600. The van der Waals surface area contributed by atoms with Crippen molar-refractivity contribution < 1.29 is 23.8 Å². The van der Waals surface area contributed by atoms with Gasteiger partial charge in [-0.15, -0.1) is 0 Å². The summed E-state index contributed by atoms with van der Waals surface area (Å²) in [5.41, 5.74) is 2.04. The molecule has 1 amide bonds. The molecule has 1 aliphatic heterocycles. The standard InChI is InChI=1S/C20H27NO5/c1-24-17-10-14-8-9-21(20(23)13-6-4-5-7-13)16(12-19(22)26-3)15(14)11-18(17)25-2/h10-11,13,16H,4-9,12H2,1-3H3/t16-/m0/s1. The molecule has 0 spiro atoms. The molecule has 0 unspecified atom stereocenters. The number of amides is 1. The molecule has 2 aliphatic rings. The smallest absolute Gasteiger partial charge is 0.307 e. The normalized spacial score (nSPS) is 19.8. The molecule has 1 atom stereocenters. The van der Waals surface area contributed by atoms with Crippen molar-refractivity contribution in [2.45, 2.75) is 44.6 Å². The van der Waals surface area contributed by atoms with Gasteiger partial charge >= 0.3 is 5.97 Å². The van der Waals surface area contributed by atoms with Gasteiger partial charge in [0.25, 0.3) is 0 Å². The first-order valence-electron chi connectivity index (χ1n) is 9.21. The number of methoxy groups -OCH3 is 3. The van der Waals surface area contributed by atoms with Crippen LogP contribution < -0.4 is 9.47 Å². The Bertz CT molecular complexity index is 681. The molecule has 0 bridgehead atoms. The third-order valence-corrected chi connectivity index (χ3v) is 5.58. The summed E-state index contributed by atoms with van der Waals surface area (Å²) >= 11 is 0. The second-order valence-corrected chi connectivity index (χ2v) is 6.97. The summed E-state index contributed by atoms with van der Waals surface area (Å²) in [6.45, 7) is 0.611. The summed E-state index contributed by atoms with van der Waals surface area (Å²) in [4.78, 5) is 27.0. The van der Waals surface area contributed by atoms with Gasteiger partial charge in [-0.2, -0.15) is 0 Å². The van der Waals surface area contributed by atoms with Gasteiger partial charge in [-0.1, -0.05) is 12.8 Å². The van der Waals surface area contributed by atoms with E-state index in [0.717, 1.165) is 43.2 Å². The van der Waals surface area contributed by atoms with E-state index in [0.29, 0.717) is 18.0 Å². The lowest BCUT2D eigenvalue weighted by molar-refractivity contribution is -0.145. The van der Waals surface area contributed by atoms with Crippen LogP contribution in [-0.2, 0) is 20.7 Å². The zero-order chi connectivity index (χ0) is 18.7. The van der Waals surface area contributed by atoms with Gasteiger partial charge < -0.3 is 19.1 Å². The summed E-state index contributed by atoms with van der Waals surface area (Å²) in [7, 11) is 4.57. The molecular formula is C20H27NO5. The number of carbonyl (C=O) groups excluding carboxylic acids is 2. The van der Waals surface area contributed by atoms with E-state index in [9.17, 15) is 9.59 Å². The van der Waals surface area contributed by atoms with Gasteiger partial charge in [-0.25, -0.2) is 0 Å². The first kappa shape index (κ1) is 18.5. The maximum Gasteiger partial charge on any atom is 0.307 e. The molecule has 1 aromatic carbocycles. The molecule has 0 radical (unpaired) electrons. The van der Waals surface area contributed by atoms with Gasteiger partial charge in [0.1, 0.15) is 0 Å². The number of hydrogen-bond acceptors (Lipinski definition) is 5. The molecule has 0 saturated heterocycles. The highest BCUT2D eigenvalue weighted by Gasteiger charge is 2.37. The van der Waals surface area contributed by atoms with Gasteiger partial charge in [0.05, 0.1) is 33.8 Å². The molecule has 1 saturated carbocycles. The van der Waals surface area contributed by atoms with E-state index in [4.69, 9.17) is 14.2 Å². The highest BCUT2D eigenvalue weighted by molar-refractivity contribution is 5.81. The number of benzene rings is 1. The Kier molecular flexibility index (Phi) is 5.69. The van der Waals surface area contributed by atoms with E-state index >= 15 is 0 Å². The molecule has 26 heavy (non-hydrogen) atoms. The molecule has 0 aromatic heterocycles. The molecule has 6 heteroatoms. The lowest BCUT2D eigenvalue weighted by Gasteiger charge is -2.38. The molecule has 1 aromatic rings. The second-order valence-electron chi connectivity index (χ2n) is 6.97. The zero-order valence-corrected chi connectivity index (χ0v) is 15.7. The number of hydrogen-bond donors (Lipinski definition) is 0. The maximum atomic E-state index is 13.1. The highest BCUT2D eigenvalue weighted by Crippen LogP contribution is 2.41. The van der Waals surface area contributed by atoms with Crippen LogP contribution in [0, 0.1) is 5.92 Å². The lowest BCUT2D eigenvalue weighted by atomic mass is 9.88. The van der Waals surface area contributed by atoms with E-state index in [2.05, 4.69) is 0 Å². The quantitative estimate of drug-likeness (QED) is 0.755. The third-order valence-electron chi connectivity index (χ3n) is 5.58. The topological polar surface area (TPSA) is 65.1 Å². The molecule has 142 valence electrons. The van der Waals surface area contributed by atoms with Gasteiger partial charge in [0, 0.05) is 12.5 Å². The van der Waals surface area contributed by atoms with Crippen LogP contribution in [0.15, 0.2) is 12.1 Å². The summed E-state index contributed by atoms with van der Waals surface area (Å²) in [6.07, 6.45) is 4.99. The SMILES string of the molecule is COC(=O)C[C@H]1c2cc(OC)c(OC)cc2CCN1C(=O)C1CCCC1. The molecular weight excluding hydrogens is 334 g/mol. The van der Waals surface area contributed by atoms with Crippen LogP contribution >= 0.6 is 0 Å². The average Bonchev–Trinajstić information content (AvgIpc) is 3.21. The monoisotopic (exact) mass is 361 g/mol. The van der Waals surface area contributed by atoms with Crippen molar-refractivity contribution in [3.63, 3.8) is 0 Å². The van der Waals surface area contributed by atoms with Gasteiger partial charge in [0.2, 0.25) is 5.91 Å². The minimum absolute atomic E-state index is 0.0804. The Morgan fingerprint density at radius 1 is 1.08 bits per heavy atom. The largest absolute Gasteiger partial charge is 0.493 e. The minimum Gasteiger partial charge on any atom is -0.493 e.